The van der Waals surface area contributed by atoms with E-state index in [-0.39, 0.29) is 12.5 Å². The van der Waals surface area contributed by atoms with Gasteiger partial charge in [0, 0.05) is 12.5 Å². The zero-order valence-corrected chi connectivity index (χ0v) is 11.2. The molecule has 0 spiro atoms. The van der Waals surface area contributed by atoms with Gasteiger partial charge in [0.25, 0.3) is 0 Å². The van der Waals surface area contributed by atoms with Crippen LogP contribution >= 0.6 is 0 Å². The highest BCUT2D eigenvalue weighted by molar-refractivity contribution is 5.80. The number of carboxylic acids is 1. The molecular formula is C13H24N2O3. The molecule has 1 amide bonds. The summed E-state index contributed by atoms with van der Waals surface area (Å²) in [6, 6.07) is 0.667. The van der Waals surface area contributed by atoms with Crippen molar-refractivity contribution in [3.63, 3.8) is 0 Å². The van der Waals surface area contributed by atoms with Crippen molar-refractivity contribution >= 4 is 11.9 Å². The average Bonchev–Trinajstić information content (AvgIpc) is 2.37. The second-order valence-corrected chi connectivity index (χ2v) is 5.05. The number of nitrogens with one attached hydrogen (secondary N) is 1. The quantitative estimate of drug-likeness (QED) is 0.719. The Labute approximate surface area is 109 Å². The fraction of sp³-hybridized carbons (Fsp3) is 0.846. The maximum atomic E-state index is 11.3. The minimum absolute atomic E-state index is 0.172. The smallest absolute Gasteiger partial charge is 0.322 e. The van der Waals surface area contributed by atoms with Crippen molar-refractivity contribution in [3.8, 4) is 0 Å². The molecule has 5 nitrogen and oxygen atoms in total. The highest BCUT2D eigenvalue weighted by atomic mass is 16.4. The Balaban J connectivity index is 2.08. The van der Waals surface area contributed by atoms with E-state index in [0.717, 1.165) is 13.0 Å². The summed E-state index contributed by atoms with van der Waals surface area (Å²) in [6.45, 7) is 0.627. The van der Waals surface area contributed by atoms with Crippen LogP contribution in [0.4, 0.5) is 0 Å². The predicted octanol–water partition coefficient (Wildman–Crippen LogP) is 1.23. The fourth-order valence-electron chi connectivity index (χ4n) is 2.46. The second kappa shape index (κ2) is 8.08. The Morgan fingerprint density at radius 1 is 1.28 bits per heavy atom. The van der Waals surface area contributed by atoms with Crippen molar-refractivity contribution in [2.45, 2.75) is 51.0 Å². The molecule has 0 heterocycles. The molecule has 1 rings (SSSR count). The summed E-state index contributed by atoms with van der Waals surface area (Å²) < 4.78 is 0. The summed E-state index contributed by atoms with van der Waals surface area (Å²) >= 11 is 0. The zero-order valence-electron chi connectivity index (χ0n) is 11.2. The first-order valence-corrected chi connectivity index (χ1v) is 6.78. The number of carbonyl (C=O) groups is 2. The Bertz CT molecular complexity index is 275. The van der Waals surface area contributed by atoms with Gasteiger partial charge < -0.3 is 15.3 Å². The standard InChI is InChI=1S/C13H24N2O3/c1-15(11-6-3-2-4-7-11)9-5-8-12(16)14-10-13(17)18/h11H,2-10H2,1H3,(H,14,16)(H,17,18). The first kappa shape index (κ1) is 15.0. The van der Waals surface area contributed by atoms with E-state index in [4.69, 9.17) is 5.11 Å². The van der Waals surface area contributed by atoms with E-state index in [1.165, 1.54) is 32.1 Å². The second-order valence-electron chi connectivity index (χ2n) is 5.05. The lowest BCUT2D eigenvalue weighted by molar-refractivity contribution is -0.137. The molecule has 104 valence electrons. The molecule has 0 aliphatic heterocycles. The van der Waals surface area contributed by atoms with Crippen molar-refractivity contribution in [2.24, 2.45) is 0 Å². The first-order valence-electron chi connectivity index (χ1n) is 6.78. The molecule has 1 aliphatic rings. The molecule has 2 N–H and O–H groups in total. The third-order valence-electron chi connectivity index (χ3n) is 3.55. The van der Waals surface area contributed by atoms with Gasteiger partial charge in [-0.1, -0.05) is 19.3 Å². The molecule has 0 unspecified atom stereocenters. The first-order chi connectivity index (χ1) is 8.59. The van der Waals surface area contributed by atoms with E-state index in [9.17, 15) is 9.59 Å². The zero-order chi connectivity index (χ0) is 13.4. The highest BCUT2D eigenvalue weighted by Gasteiger charge is 2.17. The number of rotatable bonds is 7. The van der Waals surface area contributed by atoms with Gasteiger partial charge in [-0.2, -0.15) is 0 Å². The normalized spacial score (nSPS) is 16.8. The lowest BCUT2D eigenvalue weighted by atomic mass is 9.94. The molecule has 1 aliphatic carbocycles. The van der Waals surface area contributed by atoms with Crippen LogP contribution in [-0.4, -0.2) is 48.1 Å². The summed E-state index contributed by atoms with van der Waals surface area (Å²) in [5.41, 5.74) is 0. The number of aliphatic carboxylic acids is 1. The molecule has 5 heteroatoms. The van der Waals surface area contributed by atoms with Gasteiger partial charge in [-0.05, 0) is 32.9 Å². The van der Waals surface area contributed by atoms with Gasteiger partial charge >= 0.3 is 5.97 Å². The van der Waals surface area contributed by atoms with Gasteiger partial charge in [-0.25, -0.2) is 0 Å². The third-order valence-corrected chi connectivity index (χ3v) is 3.55. The van der Waals surface area contributed by atoms with E-state index in [2.05, 4.69) is 17.3 Å². The Kier molecular flexibility index (Phi) is 6.72. The van der Waals surface area contributed by atoms with Gasteiger partial charge in [0.15, 0.2) is 0 Å². The Hall–Kier alpha value is -1.10. The molecule has 0 aromatic carbocycles. The highest BCUT2D eigenvalue weighted by Crippen LogP contribution is 2.21. The van der Waals surface area contributed by atoms with Crippen LogP contribution in [0.5, 0.6) is 0 Å². The molecule has 0 saturated heterocycles. The van der Waals surface area contributed by atoms with Gasteiger partial charge in [-0.3, -0.25) is 9.59 Å². The van der Waals surface area contributed by atoms with E-state index < -0.39 is 5.97 Å². The maximum Gasteiger partial charge on any atom is 0.322 e. The van der Waals surface area contributed by atoms with Crippen LogP contribution in [0.25, 0.3) is 0 Å². The van der Waals surface area contributed by atoms with Crippen molar-refractivity contribution in [3.05, 3.63) is 0 Å². The summed E-state index contributed by atoms with van der Waals surface area (Å²) in [4.78, 5) is 23.9. The summed E-state index contributed by atoms with van der Waals surface area (Å²) in [7, 11) is 2.12. The van der Waals surface area contributed by atoms with E-state index >= 15 is 0 Å². The summed E-state index contributed by atoms with van der Waals surface area (Å²) in [5.74, 6) is -1.17. The van der Waals surface area contributed by atoms with Gasteiger partial charge in [0.1, 0.15) is 6.54 Å². The molecule has 1 saturated carbocycles. The monoisotopic (exact) mass is 256 g/mol. The van der Waals surface area contributed by atoms with Crippen LogP contribution in [0, 0.1) is 0 Å². The molecule has 0 aromatic rings. The van der Waals surface area contributed by atoms with Crippen molar-refractivity contribution in [1.82, 2.24) is 10.2 Å². The number of carboxylic acid groups (broad SMARTS) is 1. The van der Waals surface area contributed by atoms with E-state index in [1.807, 2.05) is 0 Å². The number of hydrogen-bond acceptors (Lipinski definition) is 3. The number of amides is 1. The number of carbonyl (C=O) groups excluding carboxylic acids is 1. The lowest BCUT2D eigenvalue weighted by Gasteiger charge is -2.31. The number of hydrogen-bond donors (Lipinski definition) is 2. The van der Waals surface area contributed by atoms with E-state index in [0.29, 0.717) is 12.5 Å². The van der Waals surface area contributed by atoms with E-state index in [1.54, 1.807) is 0 Å². The Morgan fingerprint density at radius 2 is 1.94 bits per heavy atom. The largest absolute Gasteiger partial charge is 0.480 e. The van der Waals surface area contributed by atoms with Crippen LogP contribution in [0.1, 0.15) is 44.9 Å². The van der Waals surface area contributed by atoms with Gasteiger partial charge in [-0.15, -0.1) is 0 Å². The van der Waals surface area contributed by atoms with Crippen LogP contribution in [0.2, 0.25) is 0 Å². The summed E-state index contributed by atoms with van der Waals surface area (Å²) in [6.07, 6.45) is 7.70. The topological polar surface area (TPSA) is 69.6 Å². The van der Waals surface area contributed by atoms with Crippen LogP contribution in [-0.2, 0) is 9.59 Å². The Morgan fingerprint density at radius 3 is 2.56 bits per heavy atom. The average molecular weight is 256 g/mol. The molecule has 18 heavy (non-hydrogen) atoms. The molecule has 0 aromatic heterocycles. The van der Waals surface area contributed by atoms with Crippen molar-refractivity contribution in [2.75, 3.05) is 20.1 Å². The molecule has 0 radical (unpaired) electrons. The summed E-state index contributed by atoms with van der Waals surface area (Å²) in [5, 5.41) is 10.8. The van der Waals surface area contributed by atoms with Gasteiger partial charge in [0.05, 0.1) is 0 Å². The third kappa shape index (κ3) is 6.00. The van der Waals surface area contributed by atoms with Crippen LogP contribution in [0.15, 0.2) is 0 Å². The lowest BCUT2D eigenvalue weighted by Crippen LogP contribution is -2.35. The minimum atomic E-state index is -0.998. The van der Waals surface area contributed by atoms with Crippen molar-refractivity contribution < 1.29 is 14.7 Å². The molecule has 1 fully saturated rings. The molecular weight excluding hydrogens is 232 g/mol. The van der Waals surface area contributed by atoms with Crippen molar-refractivity contribution in [1.29, 1.82) is 0 Å². The van der Waals surface area contributed by atoms with Crippen LogP contribution < -0.4 is 5.32 Å². The molecule has 0 bridgehead atoms. The SMILES string of the molecule is CN(CCCC(=O)NCC(=O)O)C1CCCCC1. The maximum absolute atomic E-state index is 11.3. The van der Waals surface area contributed by atoms with Crippen LogP contribution in [0.3, 0.4) is 0 Å². The number of nitrogens with zero attached hydrogens (tertiary/aromatic N) is 1. The minimum Gasteiger partial charge on any atom is -0.480 e. The van der Waals surface area contributed by atoms with Gasteiger partial charge in [0.2, 0.25) is 5.91 Å². The molecule has 0 atom stereocenters. The fourth-order valence-corrected chi connectivity index (χ4v) is 2.46. The predicted molar refractivity (Wildman–Crippen MR) is 69.4 cm³/mol.